The van der Waals surface area contributed by atoms with E-state index >= 15 is 0 Å². The number of rotatable bonds is 7. The molecule has 1 aliphatic heterocycles. The Hall–Kier alpha value is 0.355. The lowest BCUT2D eigenvalue weighted by Crippen LogP contribution is -2.54. The summed E-state index contributed by atoms with van der Waals surface area (Å²) in [4.78, 5) is 34.9. The van der Waals surface area contributed by atoms with Crippen LogP contribution in [0.25, 0.3) is 0 Å². The second kappa shape index (κ2) is 6.93. The quantitative estimate of drug-likeness (QED) is 0.209. The van der Waals surface area contributed by atoms with E-state index in [1.54, 1.807) is 0 Å². The highest BCUT2D eigenvalue weighted by Gasteiger charge is 2.49. The molecule has 7 N–H and O–H groups in total. The fourth-order valence-corrected chi connectivity index (χ4v) is 4.61. The first-order chi connectivity index (χ1) is 10.1. The molecule has 13 nitrogen and oxygen atoms in total. The summed E-state index contributed by atoms with van der Waals surface area (Å²) in [6.45, 7) is 0.526. The van der Waals surface area contributed by atoms with Gasteiger partial charge in [0.25, 0.3) is 0 Å². The zero-order valence-corrected chi connectivity index (χ0v) is 14.2. The van der Waals surface area contributed by atoms with Crippen molar-refractivity contribution in [2.45, 2.75) is 30.7 Å². The van der Waals surface area contributed by atoms with E-state index in [1.165, 1.54) is 6.92 Å². The minimum Gasteiger partial charge on any atom is -0.388 e. The van der Waals surface area contributed by atoms with E-state index in [-0.39, 0.29) is 0 Å². The number of ether oxygens (including phenoxy) is 1. The second-order valence-corrected chi connectivity index (χ2v) is 9.21. The maximum absolute atomic E-state index is 11.5. The Labute approximate surface area is 131 Å². The molecular weight excluding hydrogens is 382 g/mol. The minimum atomic E-state index is -5.60. The molecule has 2 radical (unpaired) electrons. The summed E-state index contributed by atoms with van der Waals surface area (Å²) >= 11 is 0. The Balaban J connectivity index is 2.65. The number of hydrogen-bond acceptors (Lipinski definition) is 9. The number of hydrogen-bond donors (Lipinski definition) is 6. The molecule has 3 unspecified atom stereocenters. The van der Waals surface area contributed by atoms with Crippen LogP contribution in [0, 0.1) is 0 Å². The zero-order chi connectivity index (χ0) is 18.3. The van der Waals surface area contributed by atoms with Crippen LogP contribution in [0.5, 0.6) is 0 Å². The van der Waals surface area contributed by atoms with Crippen molar-refractivity contribution in [3.63, 3.8) is 0 Å². The number of aliphatic hydroxyl groups is 1. The average molecular weight is 397 g/mol. The van der Waals surface area contributed by atoms with Gasteiger partial charge in [-0.15, -0.1) is 0 Å². The molecule has 0 amide bonds. The predicted octanol–water partition coefficient (Wildman–Crippen LogP) is -1.70. The highest BCUT2D eigenvalue weighted by Crippen LogP contribution is 2.66. The van der Waals surface area contributed by atoms with Crippen LogP contribution in [0.2, 0.25) is 0 Å². The van der Waals surface area contributed by atoms with Crippen LogP contribution < -0.4 is 5.73 Å². The smallest absolute Gasteiger partial charge is 0.388 e. The van der Waals surface area contributed by atoms with Gasteiger partial charge in [0.05, 0.1) is 12.1 Å². The van der Waals surface area contributed by atoms with Crippen LogP contribution in [0.1, 0.15) is 6.92 Å². The normalized spacial score (nSPS) is 37.3. The van der Waals surface area contributed by atoms with Gasteiger partial charge in [-0.05, 0) is 6.92 Å². The minimum absolute atomic E-state index is 0.828. The van der Waals surface area contributed by atoms with Gasteiger partial charge in [0.15, 0.2) is 0 Å². The summed E-state index contributed by atoms with van der Waals surface area (Å²) in [5, 5.41) is 9.82. The maximum Gasteiger partial charge on any atom is 0.490 e. The van der Waals surface area contributed by atoms with Crippen molar-refractivity contribution in [1.29, 1.82) is 0 Å². The molecular formula is C6H15BNO12P3. The van der Waals surface area contributed by atoms with Crippen LogP contribution in [0.15, 0.2) is 0 Å². The van der Waals surface area contributed by atoms with Crippen LogP contribution in [0.3, 0.4) is 0 Å². The summed E-state index contributed by atoms with van der Waals surface area (Å²) in [5.41, 5.74) is 4.27. The van der Waals surface area contributed by atoms with Crippen LogP contribution in [0.4, 0.5) is 0 Å². The fraction of sp³-hybridized carbons (Fsp3) is 1.00. The largest absolute Gasteiger partial charge is 0.490 e. The van der Waals surface area contributed by atoms with E-state index in [4.69, 9.17) is 33.0 Å². The van der Waals surface area contributed by atoms with Crippen LogP contribution in [-0.2, 0) is 31.6 Å². The van der Waals surface area contributed by atoms with E-state index in [2.05, 4.69) is 13.1 Å². The number of phosphoric ester groups is 1. The van der Waals surface area contributed by atoms with Gasteiger partial charge in [0.2, 0.25) is 0 Å². The molecule has 0 aromatic rings. The second-order valence-electron chi connectivity index (χ2n) is 4.79. The van der Waals surface area contributed by atoms with Crippen molar-refractivity contribution in [2.24, 2.45) is 5.73 Å². The summed E-state index contributed by atoms with van der Waals surface area (Å²) in [5.74, 6) is 0. The van der Waals surface area contributed by atoms with Crippen molar-refractivity contribution in [3.8, 4) is 0 Å². The molecule has 1 saturated heterocycles. The lowest BCUT2D eigenvalue weighted by molar-refractivity contribution is -0.00545. The van der Waals surface area contributed by atoms with Crippen molar-refractivity contribution >= 4 is 31.3 Å². The van der Waals surface area contributed by atoms with E-state index in [0.29, 0.717) is 0 Å². The molecule has 0 saturated carbocycles. The summed E-state index contributed by atoms with van der Waals surface area (Å²) < 4.78 is 49.3. The third-order valence-electron chi connectivity index (χ3n) is 2.74. The van der Waals surface area contributed by atoms with Gasteiger partial charge in [-0.25, -0.2) is 13.7 Å². The lowest BCUT2D eigenvalue weighted by Gasteiger charge is -2.26. The van der Waals surface area contributed by atoms with Gasteiger partial charge in [-0.1, -0.05) is 0 Å². The Morgan fingerprint density at radius 2 is 1.70 bits per heavy atom. The van der Waals surface area contributed by atoms with Crippen molar-refractivity contribution in [1.82, 2.24) is 0 Å². The summed E-state index contributed by atoms with van der Waals surface area (Å²) in [6.07, 6.45) is -2.66. The molecule has 1 heterocycles. The molecule has 1 aliphatic rings. The van der Waals surface area contributed by atoms with Gasteiger partial charge in [-0.3, -0.25) is 4.52 Å². The lowest BCUT2D eigenvalue weighted by atomic mass is 9.80. The number of nitrogens with two attached hydrogens (primary N) is 1. The Kier molecular flexibility index (Phi) is 6.45. The topological polar surface area (TPSA) is 215 Å². The van der Waals surface area contributed by atoms with Gasteiger partial charge < -0.3 is 35.2 Å². The molecule has 0 bridgehead atoms. The van der Waals surface area contributed by atoms with E-state index in [9.17, 15) is 23.7 Å². The molecule has 0 spiro atoms. The molecule has 1 rings (SSSR count). The van der Waals surface area contributed by atoms with Crippen LogP contribution in [-0.4, -0.2) is 62.9 Å². The zero-order valence-electron chi connectivity index (χ0n) is 11.5. The first-order valence-electron chi connectivity index (χ1n) is 5.72. The van der Waals surface area contributed by atoms with Crippen molar-refractivity contribution < 1.29 is 56.3 Å². The van der Waals surface area contributed by atoms with Crippen molar-refractivity contribution in [3.05, 3.63) is 0 Å². The Morgan fingerprint density at radius 1 is 1.17 bits per heavy atom. The van der Waals surface area contributed by atoms with E-state index in [0.717, 1.165) is 0 Å². The highest BCUT2D eigenvalue weighted by atomic mass is 31.3. The number of phosphoric acid groups is 3. The molecule has 6 atom stereocenters. The molecule has 0 aliphatic carbocycles. The van der Waals surface area contributed by atoms with E-state index in [1.807, 2.05) is 0 Å². The first kappa shape index (κ1) is 21.4. The summed E-state index contributed by atoms with van der Waals surface area (Å²) in [6, 6.07) is -1.12. The first-order valence-corrected chi connectivity index (χ1v) is 10.2. The van der Waals surface area contributed by atoms with Crippen molar-refractivity contribution in [2.75, 3.05) is 6.61 Å². The van der Waals surface area contributed by atoms with Gasteiger partial charge >= 0.3 is 23.5 Å². The molecule has 0 aromatic heterocycles. The Morgan fingerprint density at radius 3 is 2.09 bits per heavy atom. The SMILES string of the molecule is [B]C1O[C@H](COP(=O)(O)OP(=O)(O)OP(=O)(O)O)[C@@H](O)[C@@]1(C)N. The maximum atomic E-state index is 11.5. The van der Waals surface area contributed by atoms with E-state index < -0.39 is 53.8 Å². The molecule has 23 heavy (non-hydrogen) atoms. The summed E-state index contributed by atoms with van der Waals surface area (Å²) in [7, 11) is -10.9. The van der Waals surface area contributed by atoms with Gasteiger partial charge in [0.1, 0.15) is 20.1 Å². The molecule has 1 fully saturated rings. The molecule has 0 aromatic carbocycles. The van der Waals surface area contributed by atoms with Gasteiger partial charge in [0, 0.05) is 6.00 Å². The third-order valence-corrected chi connectivity index (χ3v) is 6.54. The number of aliphatic hydroxyl groups excluding tert-OH is 1. The average Bonchev–Trinajstić information content (AvgIpc) is 2.45. The standard InChI is InChI=1S/C6H15BNO12P3/c1-6(8)4(9)3(18-5(6)7)2-17-22(13,14)20-23(15,16)19-21(10,11)12/h3-5,9H,2,8H2,1H3,(H,13,14)(H,15,16)(H2,10,11,12)/t3-,4-,5?,6-/m1/s1. The molecule has 17 heteroatoms. The Bertz CT molecular complexity index is 577. The highest BCUT2D eigenvalue weighted by molar-refractivity contribution is 7.66. The van der Waals surface area contributed by atoms with Crippen LogP contribution >= 0.6 is 23.5 Å². The monoisotopic (exact) mass is 397 g/mol. The predicted molar refractivity (Wildman–Crippen MR) is 72.8 cm³/mol. The third kappa shape index (κ3) is 6.30. The molecule has 134 valence electrons. The van der Waals surface area contributed by atoms with Gasteiger partial charge in [-0.2, -0.15) is 8.62 Å². The fourth-order valence-electron chi connectivity index (χ4n) is 1.58.